The summed E-state index contributed by atoms with van der Waals surface area (Å²) in [7, 11) is 0. The molecule has 1 amide bonds. The van der Waals surface area contributed by atoms with Crippen LogP contribution in [0, 0.1) is 16.2 Å². The first-order chi connectivity index (χ1) is 9.48. The highest BCUT2D eigenvalue weighted by Crippen LogP contribution is 2.46. The van der Waals surface area contributed by atoms with Crippen molar-refractivity contribution in [1.82, 2.24) is 5.32 Å². The molecule has 0 aliphatic heterocycles. The zero-order valence-electron chi connectivity index (χ0n) is 14.5. The number of carbonyl (C=O) groups is 1. The van der Waals surface area contributed by atoms with E-state index in [4.69, 9.17) is 18.0 Å². The molecule has 3 N–H and O–H groups in total. The maximum absolute atomic E-state index is 12.8. The lowest BCUT2D eigenvalue weighted by molar-refractivity contribution is -0.129. The first-order valence-corrected chi connectivity index (χ1v) is 8.50. The van der Waals surface area contributed by atoms with E-state index in [1.807, 2.05) is 13.8 Å². The second-order valence-corrected chi connectivity index (χ2v) is 8.68. The molecule has 1 fully saturated rings. The quantitative estimate of drug-likeness (QED) is 0.759. The van der Waals surface area contributed by atoms with E-state index in [2.05, 4.69) is 33.0 Å². The van der Waals surface area contributed by atoms with Gasteiger partial charge in [-0.2, -0.15) is 0 Å². The van der Waals surface area contributed by atoms with Crippen LogP contribution in [0.3, 0.4) is 0 Å². The molecule has 0 radical (unpaired) electrons. The van der Waals surface area contributed by atoms with Crippen LogP contribution in [0.4, 0.5) is 0 Å². The summed E-state index contributed by atoms with van der Waals surface area (Å²) in [6.45, 7) is 13.1. The van der Waals surface area contributed by atoms with Gasteiger partial charge in [0.1, 0.15) is 0 Å². The van der Waals surface area contributed by atoms with Gasteiger partial charge in [0.15, 0.2) is 0 Å². The van der Waals surface area contributed by atoms with Gasteiger partial charge in [0.25, 0.3) is 0 Å². The first kappa shape index (κ1) is 18.4. The van der Waals surface area contributed by atoms with E-state index < -0.39 is 5.41 Å². The summed E-state index contributed by atoms with van der Waals surface area (Å²) in [5.41, 5.74) is 5.69. The van der Waals surface area contributed by atoms with E-state index in [0.717, 1.165) is 12.8 Å². The molecule has 4 heteroatoms. The van der Waals surface area contributed by atoms with Gasteiger partial charge in [-0.25, -0.2) is 0 Å². The molecule has 1 rings (SSSR count). The molecular weight excluding hydrogens is 280 g/mol. The normalized spacial score (nSPS) is 21.8. The van der Waals surface area contributed by atoms with Crippen LogP contribution >= 0.6 is 12.2 Å². The molecule has 0 aromatic carbocycles. The molecule has 21 heavy (non-hydrogen) atoms. The van der Waals surface area contributed by atoms with Crippen molar-refractivity contribution in [1.29, 1.82) is 0 Å². The van der Waals surface area contributed by atoms with Crippen LogP contribution < -0.4 is 11.1 Å². The van der Waals surface area contributed by atoms with Gasteiger partial charge >= 0.3 is 0 Å². The van der Waals surface area contributed by atoms with Crippen LogP contribution in [-0.4, -0.2) is 16.9 Å². The van der Waals surface area contributed by atoms with Gasteiger partial charge in [0, 0.05) is 6.04 Å². The summed E-state index contributed by atoms with van der Waals surface area (Å²) in [4.78, 5) is 13.1. The van der Waals surface area contributed by atoms with Gasteiger partial charge in [-0.1, -0.05) is 53.8 Å². The van der Waals surface area contributed by atoms with Crippen molar-refractivity contribution in [2.45, 2.75) is 79.7 Å². The van der Waals surface area contributed by atoms with E-state index in [1.54, 1.807) is 0 Å². The van der Waals surface area contributed by atoms with Crippen molar-refractivity contribution >= 4 is 23.1 Å². The Bertz CT molecular complexity index is 395. The van der Waals surface area contributed by atoms with Crippen LogP contribution in [-0.2, 0) is 4.79 Å². The van der Waals surface area contributed by atoms with Crippen molar-refractivity contribution in [3.63, 3.8) is 0 Å². The van der Waals surface area contributed by atoms with Gasteiger partial charge in [-0.05, 0) is 42.9 Å². The average Bonchev–Trinajstić information content (AvgIpc) is 2.26. The molecule has 3 nitrogen and oxygen atoms in total. The van der Waals surface area contributed by atoms with Crippen molar-refractivity contribution in [3.05, 3.63) is 0 Å². The fourth-order valence-electron chi connectivity index (χ4n) is 4.30. The van der Waals surface area contributed by atoms with E-state index in [-0.39, 0.29) is 22.8 Å². The number of carbonyl (C=O) groups excluding carboxylic acids is 1. The number of amides is 1. The minimum atomic E-state index is -0.693. The van der Waals surface area contributed by atoms with Crippen LogP contribution in [0.25, 0.3) is 0 Å². The summed E-state index contributed by atoms with van der Waals surface area (Å²) in [5.74, 6) is 0.0125. The predicted octanol–water partition coefficient (Wildman–Crippen LogP) is 3.80. The van der Waals surface area contributed by atoms with Gasteiger partial charge in [-0.15, -0.1) is 0 Å². The SMILES string of the molecule is CCC(CC)(C(=O)NC1CC(C)(C)CC(C)(C)C1)C(N)=S. The van der Waals surface area contributed by atoms with Crippen molar-refractivity contribution < 1.29 is 4.79 Å². The molecular formula is C17H32N2OS. The number of hydrogen-bond acceptors (Lipinski definition) is 2. The van der Waals surface area contributed by atoms with E-state index in [9.17, 15) is 4.79 Å². The largest absolute Gasteiger partial charge is 0.392 e. The highest BCUT2D eigenvalue weighted by Gasteiger charge is 2.43. The number of hydrogen-bond donors (Lipinski definition) is 2. The van der Waals surface area contributed by atoms with Crippen molar-refractivity contribution in [3.8, 4) is 0 Å². The second-order valence-electron chi connectivity index (χ2n) is 8.24. The Kier molecular flexibility index (Phi) is 5.46. The van der Waals surface area contributed by atoms with E-state index in [1.165, 1.54) is 6.42 Å². The summed E-state index contributed by atoms with van der Waals surface area (Å²) in [6, 6.07) is 0.211. The third-order valence-electron chi connectivity index (χ3n) is 5.00. The third kappa shape index (κ3) is 4.18. The summed E-state index contributed by atoms with van der Waals surface area (Å²) >= 11 is 5.18. The molecule has 0 atom stereocenters. The lowest BCUT2D eigenvalue weighted by Gasteiger charge is -2.46. The van der Waals surface area contributed by atoms with Gasteiger partial charge < -0.3 is 11.1 Å². The summed E-state index contributed by atoms with van der Waals surface area (Å²) < 4.78 is 0. The van der Waals surface area contributed by atoms with E-state index >= 15 is 0 Å². The molecule has 0 aromatic rings. The fraction of sp³-hybridized carbons (Fsp3) is 0.882. The number of nitrogens with two attached hydrogens (primary N) is 1. The Balaban J connectivity index is 2.89. The minimum Gasteiger partial charge on any atom is -0.392 e. The maximum Gasteiger partial charge on any atom is 0.233 e. The van der Waals surface area contributed by atoms with Gasteiger partial charge in [0.05, 0.1) is 10.4 Å². The zero-order valence-corrected chi connectivity index (χ0v) is 15.3. The van der Waals surface area contributed by atoms with Crippen molar-refractivity contribution in [2.75, 3.05) is 0 Å². The Morgan fingerprint density at radius 1 is 1.19 bits per heavy atom. The van der Waals surface area contributed by atoms with Crippen molar-refractivity contribution in [2.24, 2.45) is 22.0 Å². The molecule has 1 aliphatic rings. The number of thiocarbonyl (C=S) groups is 1. The molecule has 0 aromatic heterocycles. The Morgan fingerprint density at radius 2 is 1.62 bits per heavy atom. The predicted molar refractivity (Wildman–Crippen MR) is 93.1 cm³/mol. The van der Waals surface area contributed by atoms with Crippen LogP contribution in [0.2, 0.25) is 0 Å². The molecule has 0 unspecified atom stereocenters. The molecule has 0 bridgehead atoms. The third-order valence-corrected chi connectivity index (χ3v) is 5.39. The van der Waals surface area contributed by atoms with Crippen LogP contribution in [0.5, 0.6) is 0 Å². The zero-order chi connectivity index (χ0) is 16.5. The molecule has 0 saturated heterocycles. The number of rotatable bonds is 5. The molecule has 1 aliphatic carbocycles. The molecule has 1 saturated carbocycles. The van der Waals surface area contributed by atoms with E-state index in [0.29, 0.717) is 17.8 Å². The highest BCUT2D eigenvalue weighted by molar-refractivity contribution is 7.80. The highest BCUT2D eigenvalue weighted by atomic mass is 32.1. The Morgan fingerprint density at radius 3 is 1.95 bits per heavy atom. The van der Waals surface area contributed by atoms with Crippen LogP contribution in [0.15, 0.2) is 0 Å². The Hall–Kier alpha value is -0.640. The minimum absolute atomic E-state index is 0.0125. The average molecular weight is 313 g/mol. The fourth-order valence-corrected chi connectivity index (χ4v) is 4.68. The number of nitrogens with one attached hydrogen (secondary N) is 1. The maximum atomic E-state index is 12.8. The lowest BCUT2D eigenvalue weighted by Crippen LogP contribution is -2.54. The standard InChI is InChI=1S/C17H32N2OS/c1-7-17(8-2,13(18)21)14(20)19-12-9-15(3,4)11-16(5,6)10-12/h12H,7-11H2,1-6H3,(H2,18,21)(H,19,20). The molecule has 0 spiro atoms. The summed E-state index contributed by atoms with van der Waals surface area (Å²) in [6.07, 6.45) is 4.54. The van der Waals surface area contributed by atoms with Gasteiger partial charge in [0.2, 0.25) is 5.91 Å². The summed E-state index contributed by atoms with van der Waals surface area (Å²) in [5, 5.41) is 3.25. The smallest absolute Gasteiger partial charge is 0.233 e. The topological polar surface area (TPSA) is 55.1 Å². The first-order valence-electron chi connectivity index (χ1n) is 8.09. The molecule has 122 valence electrons. The van der Waals surface area contributed by atoms with Crippen LogP contribution in [0.1, 0.15) is 73.6 Å². The Labute approximate surface area is 135 Å². The second kappa shape index (κ2) is 6.23. The lowest BCUT2D eigenvalue weighted by atomic mass is 9.63. The molecule has 0 heterocycles. The monoisotopic (exact) mass is 312 g/mol. The van der Waals surface area contributed by atoms with Gasteiger partial charge in [-0.3, -0.25) is 4.79 Å².